The molecule has 0 bridgehead atoms. The zero-order chi connectivity index (χ0) is 12.1. The Labute approximate surface area is 94.5 Å². The molecule has 0 spiro atoms. The second kappa shape index (κ2) is 5.51. The van der Waals surface area contributed by atoms with E-state index in [0.29, 0.717) is 11.3 Å². The Morgan fingerprint density at radius 1 is 1.44 bits per heavy atom. The summed E-state index contributed by atoms with van der Waals surface area (Å²) in [6.07, 6.45) is -0.641. The summed E-state index contributed by atoms with van der Waals surface area (Å²) in [6.45, 7) is 1.57. The highest BCUT2D eigenvalue weighted by Crippen LogP contribution is 2.28. The lowest BCUT2D eigenvalue weighted by Gasteiger charge is -2.16. The first kappa shape index (κ1) is 12.5. The van der Waals surface area contributed by atoms with Gasteiger partial charge in [-0.05, 0) is 12.5 Å². The zero-order valence-corrected chi connectivity index (χ0v) is 9.38. The van der Waals surface area contributed by atoms with Gasteiger partial charge in [0, 0.05) is 5.56 Å². The third-order valence-corrected chi connectivity index (χ3v) is 2.50. The maximum absolute atomic E-state index is 10.7. The van der Waals surface area contributed by atoms with E-state index >= 15 is 0 Å². The van der Waals surface area contributed by atoms with E-state index in [4.69, 9.17) is 9.84 Å². The van der Waals surface area contributed by atoms with Gasteiger partial charge in [-0.25, -0.2) is 0 Å². The second-order valence-electron chi connectivity index (χ2n) is 3.73. The van der Waals surface area contributed by atoms with Crippen LogP contribution >= 0.6 is 0 Å². The lowest BCUT2D eigenvalue weighted by Crippen LogP contribution is -2.14. The normalized spacial score (nSPS) is 14.2. The summed E-state index contributed by atoms with van der Waals surface area (Å²) in [6, 6.07) is 7.06. The van der Waals surface area contributed by atoms with Crippen LogP contribution in [-0.4, -0.2) is 23.3 Å². The molecule has 0 radical (unpaired) electrons. The fourth-order valence-corrected chi connectivity index (χ4v) is 1.50. The van der Waals surface area contributed by atoms with Crippen LogP contribution < -0.4 is 4.74 Å². The van der Waals surface area contributed by atoms with Gasteiger partial charge in [-0.3, -0.25) is 4.79 Å². The minimum absolute atomic E-state index is 0.176. The molecular formula is C12H16O4. The van der Waals surface area contributed by atoms with Crippen LogP contribution in [0.3, 0.4) is 0 Å². The number of hydrogen-bond acceptors (Lipinski definition) is 3. The molecule has 0 heterocycles. The fraction of sp³-hybridized carbons (Fsp3) is 0.417. The van der Waals surface area contributed by atoms with E-state index in [9.17, 15) is 9.90 Å². The van der Waals surface area contributed by atoms with Crippen molar-refractivity contribution in [3.8, 4) is 5.75 Å². The van der Waals surface area contributed by atoms with Gasteiger partial charge in [-0.15, -0.1) is 0 Å². The van der Waals surface area contributed by atoms with Gasteiger partial charge < -0.3 is 14.9 Å². The van der Waals surface area contributed by atoms with Crippen LogP contribution in [0.4, 0.5) is 0 Å². The Hall–Kier alpha value is -1.55. The fourth-order valence-electron chi connectivity index (χ4n) is 1.50. The summed E-state index contributed by atoms with van der Waals surface area (Å²) in [7, 11) is 1.52. The van der Waals surface area contributed by atoms with Crippen molar-refractivity contribution in [3.63, 3.8) is 0 Å². The van der Waals surface area contributed by atoms with Gasteiger partial charge in [0.2, 0.25) is 0 Å². The van der Waals surface area contributed by atoms with E-state index in [-0.39, 0.29) is 6.42 Å². The largest absolute Gasteiger partial charge is 0.496 e. The molecule has 2 atom stereocenters. The highest BCUT2D eigenvalue weighted by molar-refractivity contribution is 5.69. The van der Waals surface area contributed by atoms with E-state index in [0.717, 1.165) is 0 Å². The molecule has 0 saturated carbocycles. The number of aliphatic hydroxyl groups excluding tert-OH is 1. The third-order valence-electron chi connectivity index (χ3n) is 2.50. The first-order chi connectivity index (χ1) is 7.56. The summed E-state index contributed by atoms with van der Waals surface area (Å²) < 4.78 is 5.10. The zero-order valence-electron chi connectivity index (χ0n) is 9.38. The third kappa shape index (κ3) is 2.97. The Bertz CT molecular complexity index is 362. The number of carboxylic acids is 1. The molecule has 0 amide bonds. The smallest absolute Gasteiger partial charge is 0.306 e. The summed E-state index contributed by atoms with van der Waals surface area (Å²) >= 11 is 0. The van der Waals surface area contributed by atoms with Crippen LogP contribution in [-0.2, 0) is 4.79 Å². The maximum Gasteiger partial charge on any atom is 0.306 e. The number of carbonyl (C=O) groups is 1. The molecule has 2 N–H and O–H groups in total. The Balaban J connectivity index is 2.79. The van der Waals surface area contributed by atoms with Crippen molar-refractivity contribution in [2.45, 2.75) is 19.4 Å². The molecule has 0 aliphatic heterocycles. The Morgan fingerprint density at radius 3 is 2.62 bits per heavy atom. The summed E-state index contributed by atoms with van der Waals surface area (Å²) in [5.41, 5.74) is 0.623. The van der Waals surface area contributed by atoms with Crippen molar-refractivity contribution in [1.29, 1.82) is 0 Å². The van der Waals surface area contributed by atoms with E-state index in [2.05, 4.69) is 0 Å². The number of aliphatic hydroxyl groups is 1. The molecule has 0 aromatic heterocycles. The molecular weight excluding hydrogens is 208 g/mol. The van der Waals surface area contributed by atoms with Gasteiger partial charge in [0.25, 0.3) is 0 Å². The van der Waals surface area contributed by atoms with Crippen LogP contribution in [0.25, 0.3) is 0 Å². The van der Waals surface area contributed by atoms with Gasteiger partial charge in [-0.2, -0.15) is 0 Å². The van der Waals surface area contributed by atoms with Gasteiger partial charge in [0.15, 0.2) is 0 Å². The highest BCUT2D eigenvalue weighted by atomic mass is 16.5. The van der Waals surface area contributed by atoms with E-state index < -0.39 is 18.0 Å². The molecule has 88 valence electrons. The number of rotatable bonds is 5. The number of benzene rings is 1. The lowest BCUT2D eigenvalue weighted by atomic mass is 9.98. The van der Waals surface area contributed by atoms with Crippen molar-refractivity contribution < 1.29 is 19.7 Å². The summed E-state index contributed by atoms with van der Waals surface area (Å²) in [5, 5.41) is 18.7. The molecule has 1 aromatic carbocycles. The quantitative estimate of drug-likeness (QED) is 0.800. The van der Waals surface area contributed by atoms with Crippen LogP contribution in [0.1, 0.15) is 25.0 Å². The van der Waals surface area contributed by atoms with Crippen molar-refractivity contribution >= 4 is 5.97 Å². The molecule has 4 nitrogen and oxygen atoms in total. The SMILES string of the molecule is COc1ccccc1C(O)CC(C)C(=O)O. The lowest BCUT2D eigenvalue weighted by molar-refractivity contribution is -0.142. The molecule has 0 aliphatic carbocycles. The highest BCUT2D eigenvalue weighted by Gasteiger charge is 2.19. The molecule has 0 aliphatic rings. The molecule has 2 unspecified atom stereocenters. The predicted octanol–water partition coefficient (Wildman–Crippen LogP) is 1.84. The monoisotopic (exact) mass is 224 g/mol. The van der Waals surface area contributed by atoms with Crippen LogP contribution in [0.2, 0.25) is 0 Å². The first-order valence-electron chi connectivity index (χ1n) is 5.10. The van der Waals surface area contributed by atoms with Crippen LogP contribution in [0, 0.1) is 5.92 Å². The minimum atomic E-state index is -0.908. The van der Waals surface area contributed by atoms with Crippen LogP contribution in [0.15, 0.2) is 24.3 Å². The van der Waals surface area contributed by atoms with E-state index in [1.165, 1.54) is 7.11 Å². The van der Waals surface area contributed by atoms with Crippen molar-refractivity contribution in [3.05, 3.63) is 29.8 Å². The molecule has 0 saturated heterocycles. The topological polar surface area (TPSA) is 66.8 Å². The standard InChI is InChI=1S/C12H16O4/c1-8(12(14)15)7-10(13)9-5-3-4-6-11(9)16-2/h3-6,8,10,13H,7H2,1-2H3,(H,14,15). The first-order valence-corrected chi connectivity index (χ1v) is 5.10. The van der Waals surface area contributed by atoms with Crippen molar-refractivity contribution in [1.82, 2.24) is 0 Å². The summed E-state index contributed by atoms with van der Waals surface area (Å²) in [5.74, 6) is -0.915. The number of hydrogen-bond donors (Lipinski definition) is 2. The number of ether oxygens (including phenoxy) is 1. The van der Waals surface area contributed by atoms with Crippen LogP contribution in [0.5, 0.6) is 5.75 Å². The van der Waals surface area contributed by atoms with Gasteiger partial charge in [0.1, 0.15) is 5.75 Å². The molecule has 16 heavy (non-hydrogen) atoms. The number of para-hydroxylation sites is 1. The Kier molecular flexibility index (Phi) is 4.31. The summed E-state index contributed by atoms with van der Waals surface area (Å²) in [4.78, 5) is 10.7. The van der Waals surface area contributed by atoms with Crippen molar-refractivity contribution in [2.75, 3.05) is 7.11 Å². The van der Waals surface area contributed by atoms with E-state index in [1.54, 1.807) is 31.2 Å². The minimum Gasteiger partial charge on any atom is -0.496 e. The molecule has 1 rings (SSSR count). The number of methoxy groups -OCH3 is 1. The molecule has 0 fully saturated rings. The number of carboxylic acid groups (broad SMARTS) is 1. The van der Waals surface area contributed by atoms with Crippen molar-refractivity contribution in [2.24, 2.45) is 5.92 Å². The second-order valence-corrected chi connectivity index (χ2v) is 3.73. The average Bonchev–Trinajstić information content (AvgIpc) is 2.28. The molecule has 4 heteroatoms. The van der Waals surface area contributed by atoms with Gasteiger partial charge in [-0.1, -0.05) is 25.1 Å². The van der Waals surface area contributed by atoms with Gasteiger partial charge >= 0.3 is 5.97 Å². The average molecular weight is 224 g/mol. The maximum atomic E-state index is 10.7. The molecule has 1 aromatic rings. The number of aliphatic carboxylic acids is 1. The van der Waals surface area contributed by atoms with Gasteiger partial charge in [0.05, 0.1) is 19.1 Å². The Morgan fingerprint density at radius 2 is 2.06 bits per heavy atom. The predicted molar refractivity (Wildman–Crippen MR) is 59.4 cm³/mol. The van der Waals surface area contributed by atoms with E-state index in [1.807, 2.05) is 0 Å².